The van der Waals surface area contributed by atoms with Gasteiger partial charge in [-0.25, -0.2) is 4.79 Å². The minimum atomic E-state index is -1.03. The van der Waals surface area contributed by atoms with Gasteiger partial charge in [-0.1, -0.05) is 11.8 Å². The van der Waals surface area contributed by atoms with Crippen molar-refractivity contribution in [3.8, 4) is 11.8 Å². The average Bonchev–Trinajstić information content (AvgIpc) is 2.17. The molecule has 4 heteroatoms. The number of nitrogen functional groups attached to an aromatic ring is 1. The van der Waals surface area contributed by atoms with Crippen LogP contribution in [0, 0.1) is 11.8 Å². The van der Waals surface area contributed by atoms with E-state index in [1.54, 1.807) is 12.1 Å². The zero-order valence-electron chi connectivity index (χ0n) is 7.96. The summed E-state index contributed by atoms with van der Waals surface area (Å²) in [6.07, 6.45) is 0.599. The molecule has 0 saturated carbocycles. The lowest BCUT2D eigenvalue weighted by atomic mass is 10.1. The molecule has 0 aromatic heterocycles. The number of benzene rings is 1. The van der Waals surface area contributed by atoms with Crippen molar-refractivity contribution < 1.29 is 9.90 Å². The predicted octanol–water partition coefficient (Wildman–Crippen LogP) is 1.95. The lowest BCUT2D eigenvalue weighted by molar-refractivity contribution is 0.0698. The Labute approximate surface area is 92.9 Å². The highest BCUT2D eigenvalue weighted by molar-refractivity contribution is 6.18. The predicted molar refractivity (Wildman–Crippen MR) is 60.0 cm³/mol. The maximum absolute atomic E-state index is 10.7. The van der Waals surface area contributed by atoms with Crippen molar-refractivity contribution in [3.63, 3.8) is 0 Å². The van der Waals surface area contributed by atoms with Crippen LogP contribution < -0.4 is 5.73 Å². The Kier molecular flexibility index (Phi) is 4.02. The maximum Gasteiger partial charge on any atom is 0.337 e. The number of carboxylic acid groups (broad SMARTS) is 1. The first-order chi connectivity index (χ1) is 7.15. The molecule has 1 rings (SSSR count). The van der Waals surface area contributed by atoms with Crippen LogP contribution in [0.4, 0.5) is 5.69 Å². The molecule has 0 saturated heterocycles. The number of nitrogens with two attached hydrogens (primary N) is 1. The Morgan fingerprint density at radius 2 is 2.27 bits per heavy atom. The number of alkyl halides is 1. The van der Waals surface area contributed by atoms with Gasteiger partial charge in [-0.15, -0.1) is 11.6 Å². The molecule has 1 aromatic rings. The monoisotopic (exact) mass is 223 g/mol. The molecule has 15 heavy (non-hydrogen) atoms. The SMILES string of the molecule is Nc1cc(C#CCCCl)ccc1C(=O)O. The summed E-state index contributed by atoms with van der Waals surface area (Å²) in [7, 11) is 0. The van der Waals surface area contributed by atoms with E-state index >= 15 is 0 Å². The second-order valence-electron chi connectivity index (χ2n) is 2.85. The Bertz CT molecular complexity index is 432. The van der Waals surface area contributed by atoms with Crippen molar-refractivity contribution in [2.75, 3.05) is 11.6 Å². The molecule has 0 heterocycles. The Balaban J connectivity index is 2.93. The molecule has 1 aromatic carbocycles. The third kappa shape index (κ3) is 3.19. The Hall–Kier alpha value is -1.66. The van der Waals surface area contributed by atoms with Crippen molar-refractivity contribution >= 4 is 23.3 Å². The summed E-state index contributed by atoms with van der Waals surface area (Å²) < 4.78 is 0. The largest absolute Gasteiger partial charge is 0.478 e. The van der Waals surface area contributed by atoms with Crippen LogP contribution in [0.2, 0.25) is 0 Å². The van der Waals surface area contributed by atoms with Crippen LogP contribution >= 0.6 is 11.6 Å². The molecule has 3 nitrogen and oxygen atoms in total. The quantitative estimate of drug-likeness (QED) is 0.458. The molecule has 0 fully saturated rings. The van der Waals surface area contributed by atoms with Gasteiger partial charge in [0.1, 0.15) is 0 Å². The molecule has 78 valence electrons. The number of carbonyl (C=O) groups is 1. The Morgan fingerprint density at radius 3 is 2.80 bits per heavy atom. The number of hydrogen-bond acceptors (Lipinski definition) is 2. The fourth-order valence-electron chi connectivity index (χ4n) is 1.05. The van der Waals surface area contributed by atoms with Gasteiger partial charge in [-0.2, -0.15) is 0 Å². The van der Waals surface area contributed by atoms with Crippen LogP contribution in [0.5, 0.6) is 0 Å². The number of aromatic carboxylic acids is 1. The van der Waals surface area contributed by atoms with Gasteiger partial charge in [0.15, 0.2) is 0 Å². The number of hydrogen-bond donors (Lipinski definition) is 2. The number of anilines is 1. The Morgan fingerprint density at radius 1 is 1.53 bits per heavy atom. The van der Waals surface area contributed by atoms with Gasteiger partial charge < -0.3 is 10.8 Å². The van der Waals surface area contributed by atoms with Crippen molar-refractivity contribution in [1.82, 2.24) is 0 Å². The molecule has 0 aliphatic rings. The molecule has 0 radical (unpaired) electrons. The van der Waals surface area contributed by atoms with E-state index in [4.69, 9.17) is 22.4 Å². The lowest BCUT2D eigenvalue weighted by Crippen LogP contribution is -2.02. The number of rotatable bonds is 2. The minimum Gasteiger partial charge on any atom is -0.478 e. The zero-order chi connectivity index (χ0) is 11.3. The van der Waals surface area contributed by atoms with Gasteiger partial charge in [-0.05, 0) is 18.2 Å². The van der Waals surface area contributed by atoms with Gasteiger partial charge in [0, 0.05) is 23.6 Å². The number of halogens is 1. The maximum atomic E-state index is 10.7. The fraction of sp³-hybridized carbons (Fsp3) is 0.182. The molecular formula is C11H10ClNO2. The average molecular weight is 224 g/mol. The van der Waals surface area contributed by atoms with E-state index in [9.17, 15) is 4.79 Å². The van der Waals surface area contributed by atoms with Crippen LogP contribution in [0.3, 0.4) is 0 Å². The minimum absolute atomic E-state index is 0.0953. The zero-order valence-corrected chi connectivity index (χ0v) is 8.71. The van der Waals surface area contributed by atoms with Crippen molar-refractivity contribution in [2.24, 2.45) is 0 Å². The highest BCUT2D eigenvalue weighted by atomic mass is 35.5. The van der Waals surface area contributed by atoms with Crippen molar-refractivity contribution in [2.45, 2.75) is 6.42 Å². The molecule has 0 aliphatic carbocycles. The second kappa shape index (κ2) is 5.28. The topological polar surface area (TPSA) is 63.3 Å². The first kappa shape index (κ1) is 11.4. The van der Waals surface area contributed by atoms with E-state index in [1.165, 1.54) is 6.07 Å². The van der Waals surface area contributed by atoms with Gasteiger partial charge >= 0.3 is 5.97 Å². The van der Waals surface area contributed by atoms with E-state index in [0.29, 0.717) is 17.9 Å². The highest BCUT2D eigenvalue weighted by Crippen LogP contribution is 2.13. The first-order valence-corrected chi connectivity index (χ1v) is 4.86. The summed E-state index contributed by atoms with van der Waals surface area (Å²) in [5.41, 5.74) is 6.57. The van der Waals surface area contributed by atoms with Crippen LogP contribution in [0.15, 0.2) is 18.2 Å². The smallest absolute Gasteiger partial charge is 0.337 e. The van der Waals surface area contributed by atoms with Gasteiger partial charge in [-0.3, -0.25) is 0 Å². The van der Waals surface area contributed by atoms with E-state index in [2.05, 4.69) is 11.8 Å². The molecule has 0 aliphatic heterocycles. The normalized spacial score (nSPS) is 9.13. The molecule has 0 unspecified atom stereocenters. The van der Waals surface area contributed by atoms with E-state index < -0.39 is 5.97 Å². The van der Waals surface area contributed by atoms with Crippen molar-refractivity contribution in [1.29, 1.82) is 0 Å². The molecule has 0 bridgehead atoms. The summed E-state index contributed by atoms with van der Waals surface area (Å²) in [4.78, 5) is 10.7. The second-order valence-corrected chi connectivity index (χ2v) is 3.23. The third-order valence-corrected chi connectivity index (χ3v) is 1.92. The fourth-order valence-corrected chi connectivity index (χ4v) is 1.14. The molecule has 0 spiro atoms. The van der Waals surface area contributed by atoms with Crippen LogP contribution in [-0.4, -0.2) is 17.0 Å². The van der Waals surface area contributed by atoms with Crippen molar-refractivity contribution in [3.05, 3.63) is 29.3 Å². The van der Waals surface area contributed by atoms with Crippen LogP contribution in [0.25, 0.3) is 0 Å². The number of carboxylic acids is 1. The third-order valence-electron chi connectivity index (χ3n) is 1.73. The molecule has 0 atom stereocenters. The summed E-state index contributed by atoms with van der Waals surface area (Å²) >= 11 is 5.46. The molecule has 0 amide bonds. The summed E-state index contributed by atoms with van der Waals surface area (Å²) in [6, 6.07) is 4.62. The lowest BCUT2D eigenvalue weighted by Gasteiger charge is -2.00. The van der Waals surface area contributed by atoms with E-state index in [1.807, 2.05) is 0 Å². The first-order valence-electron chi connectivity index (χ1n) is 4.33. The van der Waals surface area contributed by atoms with E-state index in [-0.39, 0.29) is 11.3 Å². The van der Waals surface area contributed by atoms with Gasteiger partial charge in [0.05, 0.1) is 5.56 Å². The highest BCUT2D eigenvalue weighted by Gasteiger charge is 2.06. The van der Waals surface area contributed by atoms with Crippen LogP contribution in [0.1, 0.15) is 22.3 Å². The molecule has 3 N–H and O–H groups in total. The molecular weight excluding hydrogens is 214 g/mol. The van der Waals surface area contributed by atoms with E-state index in [0.717, 1.165) is 0 Å². The summed E-state index contributed by atoms with van der Waals surface area (Å²) in [6.45, 7) is 0. The van der Waals surface area contributed by atoms with Crippen LogP contribution in [-0.2, 0) is 0 Å². The van der Waals surface area contributed by atoms with Gasteiger partial charge in [0.2, 0.25) is 0 Å². The standard InChI is InChI=1S/C11H10ClNO2/c12-6-2-1-3-8-4-5-9(11(14)15)10(13)7-8/h4-5,7H,2,6,13H2,(H,14,15). The summed E-state index contributed by atoms with van der Waals surface area (Å²) in [5, 5.41) is 8.74. The van der Waals surface area contributed by atoms with Gasteiger partial charge in [0.25, 0.3) is 0 Å². The summed E-state index contributed by atoms with van der Waals surface area (Å²) in [5.74, 6) is 5.13.